The molecule has 1 aromatic heterocycles. The van der Waals surface area contributed by atoms with Gasteiger partial charge in [0.05, 0.1) is 5.56 Å². The van der Waals surface area contributed by atoms with Gasteiger partial charge in [-0.05, 0) is 38.0 Å². The zero-order valence-corrected chi connectivity index (χ0v) is 13.0. The fraction of sp³-hybridized carbons (Fsp3) is 0.150. The van der Waals surface area contributed by atoms with Crippen LogP contribution in [-0.4, -0.2) is 0 Å². The lowest BCUT2D eigenvalue weighted by Gasteiger charge is -2.11. The summed E-state index contributed by atoms with van der Waals surface area (Å²) in [5.41, 5.74) is 5.47. The van der Waals surface area contributed by atoms with Gasteiger partial charge in [-0.3, -0.25) is 0 Å². The molecule has 0 N–H and O–H groups in total. The minimum absolute atomic E-state index is 0.290. The molecule has 0 radical (unpaired) electrons. The molecular weight excluding hydrogens is 272 g/mol. The lowest BCUT2D eigenvalue weighted by Crippen LogP contribution is -2.06. The van der Waals surface area contributed by atoms with Crippen molar-refractivity contribution >= 4 is 0 Å². The number of hydrogen-bond donors (Lipinski definition) is 0. The van der Waals surface area contributed by atoms with Crippen molar-refractivity contribution in [2.75, 3.05) is 0 Å². The van der Waals surface area contributed by atoms with Crippen LogP contribution >= 0.6 is 0 Å². The highest BCUT2D eigenvalue weighted by atomic mass is 16.4. The van der Waals surface area contributed by atoms with Gasteiger partial charge in [0.15, 0.2) is 0 Å². The van der Waals surface area contributed by atoms with Gasteiger partial charge in [-0.2, -0.15) is 0 Å². The molecule has 2 heteroatoms. The van der Waals surface area contributed by atoms with Crippen molar-refractivity contribution in [1.29, 1.82) is 0 Å². The maximum Gasteiger partial charge on any atom is 0.344 e. The molecule has 0 aliphatic rings. The van der Waals surface area contributed by atoms with Crippen LogP contribution in [-0.2, 0) is 0 Å². The summed E-state index contributed by atoms with van der Waals surface area (Å²) in [7, 11) is 0. The largest absolute Gasteiger partial charge is 0.428 e. The molecule has 0 aliphatic carbocycles. The number of hydrogen-bond acceptors (Lipinski definition) is 2. The molecule has 0 aliphatic heterocycles. The fourth-order valence-corrected chi connectivity index (χ4v) is 2.73. The van der Waals surface area contributed by atoms with Gasteiger partial charge in [0.2, 0.25) is 0 Å². The van der Waals surface area contributed by atoms with Crippen molar-refractivity contribution in [3.05, 3.63) is 81.9 Å². The van der Waals surface area contributed by atoms with E-state index in [1.165, 1.54) is 5.56 Å². The van der Waals surface area contributed by atoms with Crippen LogP contribution in [0.25, 0.3) is 22.3 Å². The minimum Gasteiger partial charge on any atom is -0.428 e. The van der Waals surface area contributed by atoms with Crippen molar-refractivity contribution in [1.82, 2.24) is 0 Å². The second-order valence-corrected chi connectivity index (χ2v) is 5.67. The zero-order valence-electron chi connectivity index (χ0n) is 13.0. The Balaban J connectivity index is 2.32. The Labute approximate surface area is 130 Å². The van der Waals surface area contributed by atoms with Gasteiger partial charge in [0.1, 0.15) is 5.76 Å². The molecular formula is C20H18O2. The molecule has 0 spiro atoms. The molecule has 110 valence electrons. The van der Waals surface area contributed by atoms with Crippen molar-refractivity contribution in [3.63, 3.8) is 0 Å². The van der Waals surface area contributed by atoms with Crippen LogP contribution in [0.2, 0.25) is 0 Å². The van der Waals surface area contributed by atoms with E-state index in [0.29, 0.717) is 11.3 Å². The smallest absolute Gasteiger partial charge is 0.344 e. The second-order valence-electron chi connectivity index (χ2n) is 5.67. The monoisotopic (exact) mass is 290 g/mol. The molecule has 1 heterocycles. The fourth-order valence-electron chi connectivity index (χ4n) is 2.73. The van der Waals surface area contributed by atoms with Crippen LogP contribution < -0.4 is 5.63 Å². The highest BCUT2D eigenvalue weighted by molar-refractivity contribution is 5.83. The van der Waals surface area contributed by atoms with Crippen molar-refractivity contribution < 1.29 is 4.42 Å². The minimum atomic E-state index is -0.290. The summed E-state index contributed by atoms with van der Waals surface area (Å²) in [6.45, 7) is 5.88. The Morgan fingerprint density at radius 2 is 1.36 bits per heavy atom. The molecule has 0 amide bonds. The topological polar surface area (TPSA) is 30.2 Å². The van der Waals surface area contributed by atoms with Crippen LogP contribution in [0.4, 0.5) is 0 Å². The molecule has 0 bridgehead atoms. The lowest BCUT2D eigenvalue weighted by molar-refractivity contribution is 0.483. The average molecular weight is 290 g/mol. The first-order valence-corrected chi connectivity index (χ1v) is 7.33. The van der Waals surface area contributed by atoms with E-state index in [4.69, 9.17) is 4.42 Å². The van der Waals surface area contributed by atoms with Crippen LogP contribution in [0.15, 0.2) is 63.8 Å². The van der Waals surface area contributed by atoms with Crippen LogP contribution in [0.1, 0.15) is 16.9 Å². The third-order valence-electron chi connectivity index (χ3n) is 3.71. The Morgan fingerprint density at radius 3 is 2.00 bits per heavy atom. The molecule has 3 aromatic rings. The van der Waals surface area contributed by atoms with Gasteiger partial charge >= 0.3 is 5.63 Å². The first-order valence-electron chi connectivity index (χ1n) is 7.33. The van der Waals surface area contributed by atoms with Gasteiger partial charge in [-0.25, -0.2) is 4.79 Å². The van der Waals surface area contributed by atoms with E-state index in [0.717, 1.165) is 22.3 Å². The van der Waals surface area contributed by atoms with Crippen LogP contribution in [0, 0.1) is 20.8 Å². The Hall–Kier alpha value is -2.61. The SMILES string of the molecule is Cc1cccc(-c2cc(C)oc(=O)c2-c2cccc(C)c2)c1. The summed E-state index contributed by atoms with van der Waals surface area (Å²) in [6.07, 6.45) is 0. The van der Waals surface area contributed by atoms with Crippen LogP contribution in [0.5, 0.6) is 0 Å². The summed E-state index contributed by atoms with van der Waals surface area (Å²) in [6, 6.07) is 18.1. The Bertz CT molecular complexity index is 888. The summed E-state index contributed by atoms with van der Waals surface area (Å²) in [5.74, 6) is 0.623. The Kier molecular flexibility index (Phi) is 3.68. The van der Waals surface area contributed by atoms with E-state index in [2.05, 4.69) is 6.07 Å². The standard InChI is InChI=1S/C20H18O2/c1-13-6-4-8-16(10-13)18-12-15(3)22-20(21)19(18)17-9-5-7-14(2)11-17/h4-12H,1-3H3. The van der Waals surface area contributed by atoms with Crippen LogP contribution in [0.3, 0.4) is 0 Å². The van der Waals surface area contributed by atoms with Gasteiger partial charge in [0.25, 0.3) is 0 Å². The number of benzene rings is 2. The summed E-state index contributed by atoms with van der Waals surface area (Å²) in [4.78, 5) is 12.5. The molecule has 3 rings (SSSR count). The summed E-state index contributed by atoms with van der Waals surface area (Å²) in [5, 5.41) is 0. The molecule has 0 fully saturated rings. The number of rotatable bonds is 2. The first-order chi connectivity index (χ1) is 10.5. The maximum atomic E-state index is 12.5. The molecule has 2 nitrogen and oxygen atoms in total. The van der Waals surface area contributed by atoms with Crippen molar-refractivity contribution in [2.24, 2.45) is 0 Å². The van der Waals surface area contributed by atoms with E-state index in [-0.39, 0.29) is 5.63 Å². The molecule has 22 heavy (non-hydrogen) atoms. The third-order valence-corrected chi connectivity index (χ3v) is 3.71. The average Bonchev–Trinajstić information content (AvgIpc) is 2.46. The van der Waals surface area contributed by atoms with Gasteiger partial charge < -0.3 is 4.42 Å². The predicted octanol–water partition coefficient (Wildman–Crippen LogP) is 4.90. The van der Waals surface area contributed by atoms with E-state index < -0.39 is 0 Å². The molecule has 0 atom stereocenters. The van der Waals surface area contributed by atoms with Gasteiger partial charge in [-0.1, -0.05) is 59.7 Å². The summed E-state index contributed by atoms with van der Waals surface area (Å²) >= 11 is 0. The zero-order chi connectivity index (χ0) is 15.7. The Morgan fingerprint density at radius 1 is 0.773 bits per heavy atom. The maximum absolute atomic E-state index is 12.5. The van der Waals surface area contributed by atoms with Gasteiger partial charge in [-0.15, -0.1) is 0 Å². The third kappa shape index (κ3) is 2.73. The van der Waals surface area contributed by atoms with Crippen molar-refractivity contribution in [3.8, 4) is 22.3 Å². The molecule has 0 unspecified atom stereocenters. The predicted molar refractivity (Wildman–Crippen MR) is 90.1 cm³/mol. The summed E-state index contributed by atoms with van der Waals surface area (Å²) < 4.78 is 5.34. The molecule has 2 aromatic carbocycles. The second kappa shape index (κ2) is 5.64. The van der Waals surface area contributed by atoms with E-state index in [1.54, 1.807) is 6.92 Å². The van der Waals surface area contributed by atoms with E-state index in [9.17, 15) is 4.79 Å². The van der Waals surface area contributed by atoms with E-state index in [1.807, 2.05) is 62.4 Å². The molecule has 0 saturated heterocycles. The van der Waals surface area contributed by atoms with Gasteiger partial charge in [0, 0.05) is 5.56 Å². The van der Waals surface area contributed by atoms with Crippen molar-refractivity contribution in [2.45, 2.75) is 20.8 Å². The highest BCUT2D eigenvalue weighted by Crippen LogP contribution is 2.31. The number of aryl methyl sites for hydroxylation is 3. The van der Waals surface area contributed by atoms with E-state index >= 15 is 0 Å². The first kappa shape index (κ1) is 14.3. The molecule has 0 saturated carbocycles. The quantitative estimate of drug-likeness (QED) is 0.672. The lowest BCUT2D eigenvalue weighted by atomic mass is 9.94. The highest BCUT2D eigenvalue weighted by Gasteiger charge is 2.14. The normalized spacial score (nSPS) is 10.7.